The van der Waals surface area contributed by atoms with Crippen molar-refractivity contribution in [2.45, 2.75) is 25.3 Å². The topological polar surface area (TPSA) is 69.6 Å². The number of carboxylic acids is 1. The number of carbonyl (C=O) groups is 2. The van der Waals surface area contributed by atoms with Crippen LogP contribution < -0.4 is 5.32 Å². The van der Waals surface area contributed by atoms with Crippen molar-refractivity contribution in [1.82, 2.24) is 10.2 Å². The Morgan fingerprint density at radius 1 is 1.45 bits per heavy atom. The molecule has 0 aliphatic carbocycles. The second kappa shape index (κ2) is 5.54. The molecule has 20 heavy (non-hydrogen) atoms. The van der Waals surface area contributed by atoms with E-state index in [0.717, 1.165) is 36.2 Å². The van der Waals surface area contributed by atoms with Gasteiger partial charge in [0.1, 0.15) is 0 Å². The number of piperidine rings is 1. The zero-order chi connectivity index (χ0) is 14.1. The Kier molecular flexibility index (Phi) is 3.76. The van der Waals surface area contributed by atoms with Gasteiger partial charge in [0.15, 0.2) is 6.04 Å². The molecule has 1 saturated heterocycles. The first-order valence-corrected chi connectivity index (χ1v) is 7.86. The summed E-state index contributed by atoms with van der Waals surface area (Å²) >= 11 is 1.58. The Labute approximate surface area is 121 Å². The number of nitrogens with one attached hydrogen (secondary N) is 1. The highest BCUT2D eigenvalue weighted by Gasteiger charge is 2.39. The molecule has 2 aliphatic heterocycles. The summed E-state index contributed by atoms with van der Waals surface area (Å²) in [6, 6.07) is 1.04. The number of hydrogen-bond donors (Lipinski definition) is 2. The molecular weight excluding hydrogens is 276 g/mol. The monoisotopic (exact) mass is 294 g/mol. The van der Waals surface area contributed by atoms with Crippen LogP contribution in [0.5, 0.6) is 0 Å². The van der Waals surface area contributed by atoms with E-state index in [-0.39, 0.29) is 11.8 Å². The lowest BCUT2D eigenvalue weighted by molar-refractivity contribution is -0.153. The molecule has 1 fully saturated rings. The van der Waals surface area contributed by atoms with E-state index < -0.39 is 12.0 Å². The van der Waals surface area contributed by atoms with E-state index in [1.54, 1.807) is 16.2 Å². The number of nitrogens with zero attached hydrogens (tertiary/aromatic N) is 1. The molecule has 2 atom stereocenters. The smallest absolute Gasteiger partial charge is 0.331 e. The molecule has 6 heteroatoms. The maximum atomic E-state index is 12.6. The number of fused-ring (bicyclic) bond motifs is 1. The first-order chi connectivity index (χ1) is 9.68. The predicted molar refractivity (Wildman–Crippen MR) is 75.7 cm³/mol. The first-order valence-electron chi connectivity index (χ1n) is 6.98. The zero-order valence-electron chi connectivity index (χ0n) is 11.2. The van der Waals surface area contributed by atoms with Crippen molar-refractivity contribution in [3.63, 3.8) is 0 Å². The van der Waals surface area contributed by atoms with Crippen LogP contribution >= 0.6 is 11.3 Å². The molecular formula is C14H18N2O3S. The van der Waals surface area contributed by atoms with Crippen LogP contribution in [0.2, 0.25) is 0 Å². The number of carbonyl (C=O) groups excluding carboxylic acids is 1. The fraction of sp³-hybridized carbons (Fsp3) is 0.571. The molecule has 3 heterocycles. The minimum absolute atomic E-state index is 0.0125. The van der Waals surface area contributed by atoms with Crippen LogP contribution in [0, 0.1) is 5.92 Å². The molecule has 0 saturated carbocycles. The van der Waals surface area contributed by atoms with Gasteiger partial charge in [-0.3, -0.25) is 4.79 Å². The van der Waals surface area contributed by atoms with Gasteiger partial charge in [0.2, 0.25) is 5.91 Å². The second-order valence-electron chi connectivity index (χ2n) is 5.36. The summed E-state index contributed by atoms with van der Waals surface area (Å²) in [5.74, 6) is -1.02. The molecule has 108 valence electrons. The summed E-state index contributed by atoms with van der Waals surface area (Å²) in [5, 5.41) is 14.6. The quantitative estimate of drug-likeness (QED) is 0.861. The average Bonchev–Trinajstić information content (AvgIpc) is 2.94. The van der Waals surface area contributed by atoms with Crippen molar-refractivity contribution in [3.05, 3.63) is 21.9 Å². The first kappa shape index (κ1) is 13.6. The summed E-state index contributed by atoms with van der Waals surface area (Å²) in [6.07, 6.45) is 2.60. The van der Waals surface area contributed by atoms with Gasteiger partial charge >= 0.3 is 5.97 Å². The van der Waals surface area contributed by atoms with Gasteiger partial charge in [0, 0.05) is 18.0 Å². The number of thiophene rings is 1. The van der Waals surface area contributed by atoms with Crippen molar-refractivity contribution in [2.75, 3.05) is 19.6 Å². The second-order valence-corrected chi connectivity index (χ2v) is 6.37. The highest BCUT2D eigenvalue weighted by Crippen LogP contribution is 2.34. The lowest BCUT2D eigenvalue weighted by atomic mass is 9.94. The van der Waals surface area contributed by atoms with Gasteiger partial charge < -0.3 is 15.3 Å². The van der Waals surface area contributed by atoms with Crippen molar-refractivity contribution >= 4 is 23.2 Å². The summed E-state index contributed by atoms with van der Waals surface area (Å²) in [7, 11) is 0. The van der Waals surface area contributed by atoms with Gasteiger partial charge in [0.05, 0.1) is 5.92 Å². The fourth-order valence-electron chi connectivity index (χ4n) is 3.12. The highest BCUT2D eigenvalue weighted by molar-refractivity contribution is 7.10. The third-order valence-corrected chi connectivity index (χ3v) is 5.13. The van der Waals surface area contributed by atoms with Crippen LogP contribution in [0.15, 0.2) is 11.4 Å². The molecule has 2 N–H and O–H groups in total. The summed E-state index contributed by atoms with van der Waals surface area (Å²) in [4.78, 5) is 26.9. The molecule has 5 nitrogen and oxygen atoms in total. The van der Waals surface area contributed by atoms with Crippen molar-refractivity contribution in [2.24, 2.45) is 5.92 Å². The lowest BCUT2D eigenvalue weighted by Gasteiger charge is -2.36. The molecule has 0 bridgehead atoms. The van der Waals surface area contributed by atoms with E-state index in [1.165, 1.54) is 0 Å². The molecule has 3 rings (SSSR count). The number of hydrogen-bond acceptors (Lipinski definition) is 4. The van der Waals surface area contributed by atoms with Gasteiger partial charge in [0.25, 0.3) is 0 Å². The predicted octanol–water partition coefficient (Wildman–Crippen LogP) is 1.26. The SMILES string of the molecule is O=C(O)C1c2ccsc2CCN1C(=O)C1CCCNC1. The Morgan fingerprint density at radius 2 is 2.30 bits per heavy atom. The van der Waals surface area contributed by atoms with E-state index >= 15 is 0 Å². The molecule has 1 aromatic heterocycles. The van der Waals surface area contributed by atoms with Crippen molar-refractivity contribution in [1.29, 1.82) is 0 Å². The highest BCUT2D eigenvalue weighted by atomic mass is 32.1. The number of rotatable bonds is 2. The third kappa shape index (κ3) is 2.33. The maximum Gasteiger partial charge on any atom is 0.331 e. The molecule has 0 radical (unpaired) electrons. The van der Waals surface area contributed by atoms with E-state index in [9.17, 15) is 14.7 Å². The van der Waals surface area contributed by atoms with Crippen molar-refractivity contribution in [3.8, 4) is 0 Å². The van der Waals surface area contributed by atoms with Crippen LogP contribution in [0.3, 0.4) is 0 Å². The van der Waals surface area contributed by atoms with Crippen LogP contribution in [0.1, 0.15) is 29.3 Å². The van der Waals surface area contributed by atoms with Crippen LogP contribution in [-0.2, 0) is 16.0 Å². The molecule has 2 unspecified atom stereocenters. The fourth-order valence-corrected chi connectivity index (χ4v) is 4.02. The normalized spacial score (nSPS) is 26.1. The largest absolute Gasteiger partial charge is 0.479 e. The Bertz CT molecular complexity index is 522. The summed E-state index contributed by atoms with van der Waals surface area (Å²) in [5.41, 5.74) is 0.797. The standard InChI is InChI=1S/C14H18N2O3S/c17-13(9-2-1-5-15-8-9)16-6-3-11-10(4-7-20-11)12(16)14(18)19/h4,7,9,12,15H,1-3,5-6,8H2,(H,18,19). The van der Waals surface area contributed by atoms with E-state index in [2.05, 4.69) is 5.32 Å². The van der Waals surface area contributed by atoms with E-state index in [1.807, 2.05) is 11.4 Å². The molecule has 2 aliphatic rings. The minimum atomic E-state index is -0.929. The third-order valence-electron chi connectivity index (χ3n) is 4.13. The van der Waals surface area contributed by atoms with Crippen molar-refractivity contribution < 1.29 is 14.7 Å². The van der Waals surface area contributed by atoms with Gasteiger partial charge in [-0.1, -0.05) is 0 Å². The number of aliphatic carboxylic acids is 1. The van der Waals surface area contributed by atoms with Gasteiger partial charge in [-0.25, -0.2) is 4.79 Å². The van der Waals surface area contributed by atoms with Crippen LogP contribution in [-0.4, -0.2) is 41.5 Å². The van der Waals surface area contributed by atoms with Gasteiger partial charge in [-0.2, -0.15) is 0 Å². The molecule has 1 aromatic rings. The van der Waals surface area contributed by atoms with Gasteiger partial charge in [-0.15, -0.1) is 11.3 Å². The average molecular weight is 294 g/mol. The number of carboxylic acid groups (broad SMARTS) is 1. The Morgan fingerprint density at radius 3 is 3.00 bits per heavy atom. The van der Waals surface area contributed by atoms with Crippen LogP contribution in [0.25, 0.3) is 0 Å². The lowest BCUT2D eigenvalue weighted by Crippen LogP contribution is -2.48. The maximum absolute atomic E-state index is 12.6. The zero-order valence-corrected chi connectivity index (χ0v) is 12.0. The minimum Gasteiger partial charge on any atom is -0.479 e. The van der Waals surface area contributed by atoms with Crippen LogP contribution in [0.4, 0.5) is 0 Å². The Balaban J connectivity index is 1.85. The van der Waals surface area contributed by atoms with Gasteiger partial charge in [-0.05, 0) is 42.8 Å². The molecule has 1 amide bonds. The molecule has 0 spiro atoms. The molecule has 0 aromatic carbocycles. The summed E-state index contributed by atoms with van der Waals surface area (Å²) in [6.45, 7) is 2.12. The van der Waals surface area contributed by atoms with E-state index in [0.29, 0.717) is 13.1 Å². The number of amides is 1. The van der Waals surface area contributed by atoms with E-state index in [4.69, 9.17) is 0 Å². The Hall–Kier alpha value is -1.40. The summed E-state index contributed by atoms with van der Waals surface area (Å²) < 4.78 is 0.